The molecule has 0 radical (unpaired) electrons. The fourth-order valence-electron chi connectivity index (χ4n) is 2.11. The summed E-state index contributed by atoms with van der Waals surface area (Å²) in [6, 6.07) is 9.78. The van der Waals surface area contributed by atoms with E-state index in [4.69, 9.17) is 11.6 Å². The van der Waals surface area contributed by atoms with Crippen LogP contribution in [0.4, 0.5) is 18.9 Å². The zero-order chi connectivity index (χ0) is 18.6. The Morgan fingerprint density at radius 3 is 2.44 bits per heavy atom. The fourth-order valence-corrected chi connectivity index (χ4v) is 2.33. The summed E-state index contributed by atoms with van der Waals surface area (Å²) in [6.07, 6.45) is -2.26. The third-order valence-electron chi connectivity index (χ3n) is 3.29. The first kappa shape index (κ1) is 18.7. The van der Waals surface area contributed by atoms with Gasteiger partial charge in [-0.05, 0) is 42.8 Å². The van der Waals surface area contributed by atoms with Crippen molar-refractivity contribution in [3.63, 3.8) is 0 Å². The highest BCUT2D eigenvalue weighted by Crippen LogP contribution is 2.35. The van der Waals surface area contributed by atoms with Crippen molar-refractivity contribution < 1.29 is 22.8 Å². The van der Waals surface area contributed by atoms with Crippen molar-refractivity contribution in [1.29, 1.82) is 0 Å². The predicted molar refractivity (Wildman–Crippen MR) is 90.6 cm³/mol. The van der Waals surface area contributed by atoms with Gasteiger partial charge in [0, 0.05) is 11.6 Å². The smallest absolute Gasteiger partial charge is 0.322 e. The van der Waals surface area contributed by atoms with E-state index in [1.54, 1.807) is 24.3 Å². The van der Waals surface area contributed by atoms with Crippen LogP contribution in [0.15, 0.2) is 48.5 Å². The number of ketones is 1. The van der Waals surface area contributed by atoms with Crippen LogP contribution in [0.1, 0.15) is 28.4 Å². The number of hydrogen-bond acceptors (Lipinski definition) is 2. The number of halogens is 4. The summed E-state index contributed by atoms with van der Waals surface area (Å²) in [5.74, 6) is -0.787. The molecule has 0 aromatic heterocycles. The third kappa shape index (κ3) is 4.93. The molecule has 25 heavy (non-hydrogen) atoms. The van der Waals surface area contributed by atoms with Crippen LogP contribution in [0.25, 0.3) is 6.08 Å². The molecular formula is C18H13ClF3NO2. The molecule has 0 atom stereocenters. The molecule has 0 spiro atoms. The first-order valence-corrected chi connectivity index (χ1v) is 7.52. The Kier molecular flexibility index (Phi) is 5.64. The van der Waals surface area contributed by atoms with Gasteiger partial charge in [-0.25, -0.2) is 0 Å². The Bertz CT molecular complexity index is 844. The van der Waals surface area contributed by atoms with Crippen LogP contribution < -0.4 is 5.32 Å². The van der Waals surface area contributed by atoms with Crippen molar-refractivity contribution in [3.8, 4) is 0 Å². The van der Waals surface area contributed by atoms with Gasteiger partial charge in [-0.2, -0.15) is 13.2 Å². The molecule has 1 N–H and O–H groups in total. The number of Topliss-reactive ketones (excluding diaryl/α,β-unsaturated/α-hetero) is 1. The minimum atomic E-state index is -4.58. The number of rotatable bonds is 4. The van der Waals surface area contributed by atoms with E-state index in [1.807, 2.05) is 0 Å². The number of alkyl halides is 3. The topological polar surface area (TPSA) is 46.2 Å². The monoisotopic (exact) mass is 367 g/mol. The highest BCUT2D eigenvalue weighted by molar-refractivity contribution is 6.31. The van der Waals surface area contributed by atoms with Crippen molar-refractivity contribution in [2.45, 2.75) is 13.1 Å². The molecule has 0 aliphatic carbocycles. The second-order valence-corrected chi connectivity index (χ2v) is 5.57. The largest absolute Gasteiger partial charge is 0.417 e. The Morgan fingerprint density at radius 1 is 1.12 bits per heavy atom. The van der Waals surface area contributed by atoms with Gasteiger partial charge in [0.2, 0.25) is 5.91 Å². The van der Waals surface area contributed by atoms with Crippen LogP contribution in [0, 0.1) is 0 Å². The molecule has 7 heteroatoms. The summed E-state index contributed by atoms with van der Waals surface area (Å²) in [6.45, 7) is 1.37. The fraction of sp³-hybridized carbons (Fsp3) is 0.111. The molecule has 0 heterocycles. The number of para-hydroxylation sites is 1. The van der Waals surface area contributed by atoms with E-state index in [1.165, 1.54) is 19.1 Å². The maximum Gasteiger partial charge on any atom is 0.417 e. The summed E-state index contributed by atoms with van der Waals surface area (Å²) in [5, 5.41) is 2.11. The molecule has 0 aliphatic heterocycles. The molecule has 0 saturated carbocycles. The van der Waals surface area contributed by atoms with Crippen LogP contribution in [-0.2, 0) is 11.0 Å². The minimum absolute atomic E-state index is 0.173. The molecule has 0 unspecified atom stereocenters. The number of carbonyl (C=O) groups excluding carboxylic acids is 2. The van der Waals surface area contributed by atoms with Gasteiger partial charge in [0.15, 0.2) is 5.78 Å². The molecule has 2 rings (SSSR count). The molecule has 0 aliphatic rings. The lowest BCUT2D eigenvalue weighted by Crippen LogP contribution is -2.11. The standard InChI is InChI=1S/C18H13ClF3NO2/c1-11(24)13-4-2-3-5-16(13)23-17(25)9-7-12-6-8-15(19)14(10-12)18(20,21)22/h2-10H,1H3,(H,23,25)/b9-7+. The number of amides is 1. The van der Waals surface area contributed by atoms with Gasteiger partial charge >= 0.3 is 6.18 Å². The molecule has 130 valence electrons. The van der Waals surface area contributed by atoms with E-state index in [0.29, 0.717) is 11.3 Å². The van der Waals surface area contributed by atoms with Gasteiger partial charge in [0.25, 0.3) is 0 Å². The lowest BCUT2D eigenvalue weighted by atomic mass is 10.1. The van der Waals surface area contributed by atoms with Gasteiger partial charge < -0.3 is 5.32 Å². The highest BCUT2D eigenvalue weighted by atomic mass is 35.5. The lowest BCUT2D eigenvalue weighted by molar-refractivity contribution is -0.137. The lowest BCUT2D eigenvalue weighted by Gasteiger charge is -2.09. The Labute approximate surface area is 147 Å². The van der Waals surface area contributed by atoms with Gasteiger partial charge in [-0.1, -0.05) is 29.8 Å². The molecule has 0 fully saturated rings. The van der Waals surface area contributed by atoms with Crippen molar-refractivity contribution in [1.82, 2.24) is 0 Å². The van der Waals surface area contributed by atoms with E-state index >= 15 is 0 Å². The number of nitrogens with one attached hydrogen (secondary N) is 1. The minimum Gasteiger partial charge on any atom is -0.322 e. The zero-order valence-electron chi connectivity index (χ0n) is 13.0. The van der Waals surface area contributed by atoms with Gasteiger partial charge in [-0.15, -0.1) is 0 Å². The summed E-state index contributed by atoms with van der Waals surface area (Å²) >= 11 is 5.54. The average Bonchev–Trinajstić information content (AvgIpc) is 2.53. The quantitative estimate of drug-likeness (QED) is 0.595. The Hall–Kier alpha value is -2.60. The Balaban J connectivity index is 2.18. The van der Waals surface area contributed by atoms with E-state index in [0.717, 1.165) is 18.2 Å². The van der Waals surface area contributed by atoms with Crippen molar-refractivity contribution in [3.05, 3.63) is 70.3 Å². The van der Waals surface area contributed by atoms with Crippen LogP contribution in [0.2, 0.25) is 5.02 Å². The summed E-state index contributed by atoms with van der Waals surface area (Å²) in [4.78, 5) is 23.5. The SMILES string of the molecule is CC(=O)c1ccccc1NC(=O)/C=C/c1ccc(Cl)c(C(F)(F)F)c1. The third-order valence-corrected chi connectivity index (χ3v) is 3.62. The summed E-state index contributed by atoms with van der Waals surface area (Å²) in [5.41, 5.74) is -0.128. The zero-order valence-corrected chi connectivity index (χ0v) is 13.8. The first-order valence-electron chi connectivity index (χ1n) is 7.14. The number of hydrogen-bond donors (Lipinski definition) is 1. The molecule has 0 bridgehead atoms. The van der Waals surface area contributed by atoms with Crippen LogP contribution in [-0.4, -0.2) is 11.7 Å². The van der Waals surface area contributed by atoms with Gasteiger partial charge in [0.1, 0.15) is 0 Å². The summed E-state index contributed by atoms with van der Waals surface area (Å²) in [7, 11) is 0. The van der Waals surface area contributed by atoms with E-state index in [-0.39, 0.29) is 11.3 Å². The number of carbonyl (C=O) groups is 2. The average molecular weight is 368 g/mol. The van der Waals surface area contributed by atoms with Crippen LogP contribution in [0.3, 0.4) is 0 Å². The van der Waals surface area contributed by atoms with E-state index in [2.05, 4.69) is 5.32 Å². The molecule has 0 saturated heterocycles. The number of anilines is 1. The van der Waals surface area contributed by atoms with Crippen molar-refractivity contribution in [2.24, 2.45) is 0 Å². The van der Waals surface area contributed by atoms with Gasteiger partial charge in [-0.3, -0.25) is 9.59 Å². The van der Waals surface area contributed by atoms with Crippen molar-refractivity contribution in [2.75, 3.05) is 5.32 Å². The molecule has 2 aromatic rings. The molecule has 3 nitrogen and oxygen atoms in total. The maximum atomic E-state index is 12.8. The van der Waals surface area contributed by atoms with Crippen molar-refractivity contribution >= 4 is 35.1 Å². The highest BCUT2D eigenvalue weighted by Gasteiger charge is 2.33. The second kappa shape index (κ2) is 7.53. The summed E-state index contributed by atoms with van der Waals surface area (Å²) < 4.78 is 38.4. The number of benzene rings is 2. The normalized spacial score (nSPS) is 11.6. The molecule has 1 amide bonds. The van der Waals surface area contributed by atoms with Crippen LogP contribution >= 0.6 is 11.6 Å². The molecular weight excluding hydrogens is 355 g/mol. The Morgan fingerprint density at radius 2 is 1.80 bits per heavy atom. The molecule has 2 aromatic carbocycles. The van der Waals surface area contributed by atoms with E-state index < -0.39 is 22.7 Å². The maximum absolute atomic E-state index is 12.8. The van der Waals surface area contributed by atoms with E-state index in [9.17, 15) is 22.8 Å². The predicted octanol–water partition coefficient (Wildman–Crippen LogP) is 5.21. The first-order chi connectivity index (χ1) is 11.7. The second-order valence-electron chi connectivity index (χ2n) is 5.16. The van der Waals surface area contributed by atoms with Crippen LogP contribution in [0.5, 0.6) is 0 Å². The van der Waals surface area contributed by atoms with Gasteiger partial charge in [0.05, 0.1) is 16.3 Å².